The van der Waals surface area contributed by atoms with Gasteiger partial charge in [0.05, 0.1) is 20.3 Å². The minimum Gasteiger partial charge on any atom is -0.497 e. The highest BCUT2D eigenvalue weighted by Crippen LogP contribution is 2.21. The van der Waals surface area contributed by atoms with E-state index in [4.69, 9.17) is 25.7 Å². The monoisotopic (exact) mass is 517 g/mol. The normalized spacial score (nSPS) is 14.4. The zero-order valence-corrected chi connectivity index (χ0v) is 21.9. The third kappa shape index (κ3) is 7.24. The predicted octanol–water partition coefficient (Wildman–Crippen LogP) is 3.17. The Morgan fingerprint density at radius 2 is 1.61 bits per heavy atom. The van der Waals surface area contributed by atoms with Crippen LogP contribution in [-0.4, -0.2) is 70.2 Å². The van der Waals surface area contributed by atoms with Crippen LogP contribution in [0.4, 0.5) is 11.4 Å². The number of amides is 1. The van der Waals surface area contributed by atoms with Gasteiger partial charge >= 0.3 is 0 Å². The summed E-state index contributed by atoms with van der Waals surface area (Å²) in [6.07, 6.45) is 0. The van der Waals surface area contributed by atoms with Gasteiger partial charge in [-0.2, -0.15) is 4.99 Å². The first-order valence-electron chi connectivity index (χ1n) is 12.6. The number of anilines is 2. The van der Waals surface area contributed by atoms with Crippen molar-refractivity contribution in [1.82, 2.24) is 4.90 Å². The van der Waals surface area contributed by atoms with E-state index in [0.29, 0.717) is 42.4 Å². The Morgan fingerprint density at radius 1 is 0.921 bits per heavy atom. The number of nitrogens with zero attached hydrogens (tertiary/aromatic N) is 3. The fraction of sp³-hybridized carbons (Fsp3) is 0.310. The average molecular weight is 518 g/mol. The number of likely N-dealkylation sites (N-methyl/N-ethyl adjacent to an activating group) is 1. The number of carbonyl (C=O) groups is 1. The van der Waals surface area contributed by atoms with Gasteiger partial charge in [-0.15, -0.1) is 0 Å². The quantitative estimate of drug-likeness (QED) is 0.182. The average Bonchev–Trinajstić information content (AvgIpc) is 2.93. The van der Waals surface area contributed by atoms with Gasteiger partial charge in [-0.25, -0.2) is 0 Å². The van der Waals surface area contributed by atoms with Gasteiger partial charge in [0.2, 0.25) is 0 Å². The van der Waals surface area contributed by atoms with Crippen LogP contribution in [0.25, 0.3) is 0 Å². The maximum absolute atomic E-state index is 12.7. The highest BCUT2D eigenvalue weighted by Gasteiger charge is 2.15. The standard InChI is InChI=1S/C29H35N5O4/c1-33-13-15-34(16-14-33)23-7-5-22(6-8-23)29(35)32-28(31)26-12-11-25(19-27(26)30)38-18-17-37-20-21-3-9-24(36-2)10-4-21/h3-12,19H,13-18,20,30H2,1-2H3,(H2,31,32,35). The summed E-state index contributed by atoms with van der Waals surface area (Å²) in [4.78, 5) is 21.4. The number of rotatable bonds is 10. The van der Waals surface area contributed by atoms with Crippen molar-refractivity contribution in [2.75, 3.05) is 64.2 Å². The second-order valence-electron chi connectivity index (χ2n) is 9.14. The Kier molecular flexibility index (Phi) is 9.18. The predicted molar refractivity (Wildman–Crippen MR) is 150 cm³/mol. The van der Waals surface area contributed by atoms with E-state index in [-0.39, 0.29) is 5.84 Å². The SMILES string of the molecule is COc1ccc(COCCOc2ccc(C(N)=NC(=O)c3ccc(N4CCN(C)CC4)cc3)c(N)c2)cc1. The third-order valence-electron chi connectivity index (χ3n) is 6.43. The minimum absolute atomic E-state index is 0.0602. The molecule has 0 bridgehead atoms. The lowest BCUT2D eigenvalue weighted by Crippen LogP contribution is -2.44. The van der Waals surface area contributed by atoms with Gasteiger partial charge in [0.25, 0.3) is 5.91 Å². The van der Waals surface area contributed by atoms with Crippen molar-refractivity contribution in [1.29, 1.82) is 0 Å². The number of aliphatic imine (C=N–C) groups is 1. The molecule has 3 aromatic rings. The lowest BCUT2D eigenvalue weighted by Gasteiger charge is -2.34. The van der Waals surface area contributed by atoms with Crippen LogP contribution in [0, 0.1) is 0 Å². The van der Waals surface area contributed by atoms with Crippen LogP contribution < -0.4 is 25.8 Å². The molecule has 0 saturated carbocycles. The highest BCUT2D eigenvalue weighted by atomic mass is 16.5. The van der Waals surface area contributed by atoms with E-state index in [9.17, 15) is 4.79 Å². The molecule has 1 amide bonds. The zero-order chi connectivity index (χ0) is 26.9. The molecule has 4 rings (SSSR count). The Morgan fingerprint density at radius 3 is 2.26 bits per heavy atom. The van der Waals surface area contributed by atoms with Gasteiger partial charge in [0, 0.05) is 54.7 Å². The molecule has 1 fully saturated rings. The van der Waals surface area contributed by atoms with Gasteiger partial charge in [-0.05, 0) is 61.1 Å². The minimum atomic E-state index is -0.416. The lowest BCUT2D eigenvalue weighted by atomic mass is 10.1. The second-order valence-corrected chi connectivity index (χ2v) is 9.14. The van der Waals surface area contributed by atoms with Crippen LogP contribution in [0.1, 0.15) is 21.5 Å². The molecule has 0 atom stereocenters. The third-order valence-corrected chi connectivity index (χ3v) is 6.43. The first-order chi connectivity index (χ1) is 18.4. The van der Waals surface area contributed by atoms with Gasteiger partial charge < -0.3 is 35.5 Å². The van der Waals surface area contributed by atoms with Crippen LogP contribution in [0.2, 0.25) is 0 Å². The highest BCUT2D eigenvalue weighted by molar-refractivity contribution is 6.11. The molecule has 200 valence electrons. The molecule has 0 unspecified atom stereocenters. The van der Waals surface area contributed by atoms with Crippen LogP contribution in [0.3, 0.4) is 0 Å². The summed E-state index contributed by atoms with van der Waals surface area (Å²) in [5.74, 6) is 1.03. The molecule has 0 radical (unpaired) electrons. The number of hydrogen-bond donors (Lipinski definition) is 2. The number of piperazine rings is 1. The molecule has 9 nitrogen and oxygen atoms in total. The topological polar surface area (TPSA) is 116 Å². The summed E-state index contributed by atoms with van der Waals surface area (Å²) in [7, 11) is 3.76. The van der Waals surface area contributed by atoms with Crippen molar-refractivity contribution in [2.45, 2.75) is 6.61 Å². The lowest BCUT2D eigenvalue weighted by molar-refractivity contribution is 0.0889. The second kappa shape index (κ2) is 12.9. The molecule has 4 N–H and O–H groups in total. The van der Waals surface area contributed by atoms with Gasteiger partial charge in [-0.3, -0.25) is 4.79 Å². The van der Waals surface area contributed by atoms with Crippen molar-refractivity contribution in [3.05, 3.63) is 83.4 Å². The van der Waals surface area contributed by atoms with E-state index >= 15 is 0 Å². The molecule has 1 aliphatic heterocycles. The van der Waals surface area contributed by atoms with Crippen molar-refractivity contribution in [3.63, 3.8) is 0 Å². The fourth-order valence-electron chi connectivity index (χ4n) is 4.11. The van der Waals surface area contributed by atoms with E-state index in [1.165, 1.54) is 0 Å². The number of benzene rings is 3. The van der Waals surface area contributed by atoms with Gasteiger partial charge in [0.15, 0.2) is 0 Å². The Labute approximate surface area is 223 Å². The summed E-state index contributed by atoms with van der Waals surface area (Å²) < 4.78 is 16.5. The van der Waals surface area contributed by atoms with E-state index < -0.39 is 5.91 Å². The smallest absolute Gasteiger partial charge is 0.278 e. The van der Waals surface area contributed by atoms with Crippen molar-refractivity contribution < 1.29 is 19.0 Å². The molecular formula is C29H35N5O4. The Hall–Kier alpha value is -4.08. The number of amidine groups is 1. The summed E-state index contributed by atoms with van der Waals surface area (Å²) in [5.41, 5.74) is 15.8. The summed E-state index contributed by atoms with van der Waals surface area (Å²) in [5, 5.41) is 0. The van der Waals surface area contributed by atoms with Gasteiger partial charge in [-0.1, -0.05) is 12.1 Å². The van der Waals surface area contributed by atoms with Crippen LogP contribution in [0.5, 0.6) is 11.5 Å². The van der Waals surface area contributed by atoms with E-state index in [1.54, 1.807) is 37.4 Å². The molecule has 1 heterocycles. The molecule has 0 spiro atoms. The molecule has 0 aliphatic carbocycles. The first-order valence-corrected chi connectivity index (χ1v) is 12.6. The summed E-state index contributed by atoms with van der Waals surface area (Å²) >= 11 is 0. The number of nitrogen functional groups attached to an aromatic ring is 1. The summed E-state index contributed by atoms with van der Waals surface area (Å²) in [6.45, 7) is 5.22. The Balaban J connectivity index is 1.27. The first kappa shape index (κ1) is 27.0. The Bertz CT molecular complexity index is 1240. The molecule has 1 saturated heterocycles. The van der Waals surface area contributed by atoms with E-state index in [0.717, 1.165) is 43.2 Å². The largest absolute Gasteiger partial charge is 0.497 e. The molecule has 1 aliphatic rings. The van der Waals surface area contributed by atoms with Crippen LogP contribution >= 0.6 is 0 Å². The molecule has 0 aromatic heterocycles. The number of nitrogens with two attached hydrogens (primary N) is 2. The number of hydrogen-bond acceptors (Lipinski definition) is 7. The van der Waals surface area contributed by atoms with Crippen molar-refractivity contribution in [2.24, 2.45) is 10.7 Å². The maximum Gasteiger partial charge on any atom is 0.278 e. The van der Waals surface area contributed by atoms with E-state index in [2.05, 4.69) is 21.8 Å². The molecule has 9 heteroatoms. The molecule has 3 aromatic carbocycles. The molecular weight excluding hydrogens is 482 g/mol. The summed E-state index contributed by atoms with van der Waals surface area (Å²) in [6, 6.07) is 20.3. The fourth-order valence-corrected chi connectivity index (χ4v) is 4.11. The number of methoxy groups -OCH3 is 1. The van der Waals surface area contributed by atoms with Crippen LogP contribution in [0.15, 0.2) is 71.7 Å². The van der Waals surface area contributed by atoms with Crippen molar-refractivity contribution >= 4 is 23.1 Å². The van der Waals surface area contributed by atoms with Gasteiger partial charge in [0.1, 0.15) is 23.9 Å². The van der Waals surface area contributed by atoms with Crippen LogP contribution in [-0.2, 0) is 11.3 Å². The maximum atomic E-state index is 12.7. The zero-order valence-electron chi connectivity index (χ0n) is 21.9. The molecule has 38 heavy (non-hydrogen) atoms. The number of ether oxygens (including phenoxy) is 3. The van der Waals surface area contributed by atoms with E-state index in [1.807, 2.05) is 36.4 Å². The number of carbonyl (C=O) groups excluding carboxylic acids is 1. The van der Waals surface area contributed by atoms with Crippen molar-refractivity contribution in [3.8, 4) is 11.5 Å².